The van der Waals surface area contributed by atoms with E-state index in [2.05, 4.69) is 17.1 Å². The van der Waals surface area contributed by atoms with Gasteiger partial charge < -0.3 is 14.5 Å². The highest BCUT2D eigenvalue weighted by atomic mass is 32.1. The fraction of sp³-hybridized carbons (Fsp3) is 0.412. The molecular weight excluding hydrogens is 546 g/mol. The van der Waals surface area contributed by atoms with Crippen LogP contribution in [0.25, 0.3) is 11.5 Å². The van der Waals surface area contributed by atoms with Gasteiger partial charge in [0.1, 0.15) is 0 Å². The molecule has 4 rings (SSSR count). The Morgan fingerprint density at radius 1 is 0.881 bits per heavy atom. The van der Waals surface area contributed by atoms with Crippen molar-refractivity contribution in [2.24, 2.45) is 0 Å². The highest BCUT2D eigenvalue weighted by Gasteiger charge is 2.30. The van der Waals surface area contributed by atoms with Gasteiger partial charge in [-0.3, -0.25) is 4.79 Å². The van der Waals surface area contributed by atoms with Gasteiger partial charge in [-0.2, -0.15) is 16.3 Å². The molecule has 0 saturated carbocycles. The Morgan fingerprint density at radius 2 is 1.57 bits per heavy atom. The average molecular weight is 588 g/mol. The van der Waals surface area contributed by atoms with E-state index in [1.54, 1.807) is 0 Å². The number of carbonyl (C=O) groups excluding carboxylic acids is 1. The van der Waals surface area contributed by atoms with Crippen LogP contribution < -0.4 is 0 Å². The Hall–Kier alpha value is -3.78. The molecule has 1 N–H and O–H groups in total. The van der Waals surface area contributed by atoms with E-state index in [-0.39, 0.29) is 6.54 Å². The predicted octanol–water partition coefficient (Wildman–Crippen LogP) is 8.27. The Balaban J connectivity index is 1.37. The van der Waals surface area contributed by atoms with E-state index in [0.29, 0.717) is 12.3 Å². The third-order valence-electron chi connectivity index (χ3n) is 7.55. The Labute approximate surface area is 252 Å². The van der Waals surface area contributed by atoms with E-state index in [4.69, 9.17) is 4.52 Å². The molecule has 0 aliphatic carbocycles. The molecule has 0 spiro atoms. The molecule has 0 saturated heterocycles. The van der Waals surface area contributed by atoms with Crippen molar-refractivity contribution in [3.8, 4) is 11.5 Å². The summed E-state index contributed by atoms with van der Waals surface area (Å²) in [5.74, 6) is -1.21. The molecule has 4 aromatic rings. The monoisotopic (exact) mass is 587 g/mol. The van der Waals surface area contributed by atoms with Gasteiger partial charge in [-0.1, -0.05) is 106 Å². The molecule has 8 heteroatoms. The smallest absolute Gasteiger partial charge is 0.394 e. The first-order valence-electron chi connectivity index (χ1n) is 15.1. The maximum atomic E-state index is 13.0. The summed E-state index contributed by atoms with van der Waals surface area (Å²) in [4.78, 5) is 30.8. The minimum absolute atomic E-state index is 0.159. The van der Waals surface area contributed by atoms with Gasteiger partial charge in [-0.15, -0.1) is 0 Å². The van der Waals surface area contributed by atoms with Crippen LogP contribution in [0.4, 0.5) is 0 Å². The Morgan fingerprint density at radius 3 is 2.21 bits per heavy atom. The van der Waals surface area contributed by atoms with Gasteiger partial charge >= 0.3 is 11.9 Å². The number of benzene rings is 2. The van der Waals surface area contributed by atoms with Crippen molar-refractivity contribution in [2.45, 2.75) is 90.1 Å². The average Bonchev–Trinajstić information content (AvgIpc) is 3.72. The molecule has 0 fully saturated rings. The third kappa shape index (κ3) is 9.38. The molecule has 1 amide bonds. The van der Waals surface area contributed by atoms with Gasteiger partial charge in [-0.25, -0.2) is 4.79 Å². The van der Waals surface area contributed by atoms with Crippen LogP contribution in [0, 0.1) is 0 Å². The molecule has 2 aromatic heterocycles. The van der Waals surface area contributed by atoms with Gasteiger partial charge in [0.2, 0.25) is 0 Å². The van der Waals surface area contributed by atoms with E-state index >= 15 is 0 Å². The first-order valence-corrected chi connectivity index (χ1v) is 16.0. The number of aromatic nitrogens is 2. The van der Waals surface area contributed by atoms with Crippen molar-refractivity contribution < 1.29 is 19.2 Å². The second-order valence-corrected chi connectivity index (χ2v) is 11.6. The molecule has 1 atom stereocenters. The van der Waals surface area contributed by atoms with Crippen molar-refractivity contribution >= 4 is 23.2 Å². The van der Waals surface area contributed by atoms with E-state index < -0.39 is 17.9 Å². The van der Waals surface area contributed by atoms with Crippen LogP contribution >= 0.6 is 11.3 Å². The minimum atomic E-state index is -1.47. The summed E-state index contributed by atoms with van der Waals surface area (Å²) in [5.41, 5.74) is 3.55. The van der Waals surface area contributed by atoms with Gasteiger partial charge in [0.15, 0.2) is 5.82 Å². The Kier molecular flexibility index (Phi) is 12.3. The lowest BCUT2D eigenvalue weighted by Crippen LogP contribution is -2.39. The maximum Gasteiger partial charge on any atom is 0.394 e. The fourth-order valence-electron chi connectivity index (χ4n) is 5.17. The molecule has 0 aliphatic heterocycles. The lowest BCUT2D eigenvalue weighted by Gasteiger charge is -2.31. The number of carboxylic acids is 1. The lowest BCUT2D eigenvalue weighted by atomic mass is 9.98. The van der Waals surface area contributed by atoms with E-state index in [9.17, 15) is 14.7 Å². The van der Waals surface area contributed by atoms with Gasteiger partial charge in [0.05, 0.1) is 6.04 Å². The van der Waals surface area contributed by atoms with Gasteiger partial charge in [-0.05, 0) is 58.5 Å². The van der Waals surface area contributed by atoms with E-state index in [0.717, 1.165) is 40.9 Å². The number of hydrogen-bond donors (Lipinski definition) is 1. The molecule has 0 radical (unpaired) electrons. The number of thiophene rings is 1. The van der Waals surface area contributed by atoms with Crippen LogP contribution in [0.3, 0.4) is 0 Å². The summed E-state index contributed by atoms with van der Waals surface area (Å²) in [7, 11) is 0. The zero-order valence-corrected chi connectivity index (χ0v) is 25.2. The van der Waals surface area contributed by atoms with Gasteiger partial charge in [0.25, 0.3) is 5.89 Å². The summed E-state index contributed by atoms with van der Waals surface area (Å²) in [5, 5.41) is 17.7. The zero-order chi connectivity index (χ0) is 29.6. The summed E-state index contributed by atoms with van der Waals surface area (Å²) in [6.07, 6.45) is 12.7. The van der Waals surface area contributed by atoms with Crippen molar-refractivity contribution in [1.82, 2.24) is 15.0 Å². The number of unbranched alkanes of at least 4 members (excludes halogenated alkanes) is 8. The van der Waals surface area contributed by atoms with Crippen molar-refractivity contribution in [3.05, 3.63) is 93.9 Å². The number of amides is 1. The summed E-state index contributed by atoms with van der Waals surface area (Å²) in [6, 6.07) is 18.9. The number of rotatable bonds is 17. The zero-order valence-electron chi connectivity index (χ0n) is 24.4. The van der Waals surface area contributed by atoms with Crippen LogP contribution in [0.2, 0.25) is 0 Å². The first kappa shape index (κ1) is 31.2. The van der Waals surface area contributed by atoms with Crippen LogP contribution in [-0.4, -0.2) is 32.0 Å². The van der Waals surface area contributed by atoms with Crippen LogP contribution in [0.15, 0.2) is 75.9 Å². The van der Waals surface area contributed by atoms with E-state index in [1.807, 2.05) is 71.4 Å². The summed E-state index contributed by atoms with van der Waals surface area (Å²) >= 11 is 1.53. The standard InChI is InChI=1S/C34H41N3O4S/c1-2-3-4-5-6-7-8-9-13-16-31-35-32(41-36-31)28-19-17-27(18-20-28)24-37(33(38)34(39)40)30(29-21-22-42-25-29)23-26-14-11-10-12-15-26/h10-12,14-15,17-22,25,30H,2-9,13,16,23-24H2,1H3,(H,39,40). The van der Waals surface area contributed by atoms with Crippen molar-refractivity contribution in [3.63, 3.8) is 0 Å². The second kappa shape index (κ2) is 16.6. The molecule has 1 unspecified atom stereocenters. The third-order valence-corrected chi connectivity index (χ3v) is 8.25. The maximum absolute atomic E-state index is 13.0. The number of carboxylic acid groups (broad SMARTS) is 1. The second-order valence-electron chi connectivity index (χ2n) is 10.8. The fourth-order valence-corrected chi connectivity index (χ4v) is 5.88. The van der Waals surface area contributed by atoms with E-state index in [1.165, 1.54) is 67.6 Å². The van der Waals surface area contributed by atoms with Crippen LogP contribution in [-0.2, 0) is 29.0 Å². The number of hydrogen-bond acceptors (Lipinski definition) is 6. The quantitative estimate of drug-likeness (QED) is 0.0986. The molecule has 7 nitrogen and oxygen atoms in total. The van der Waals surface area contributed by atoms with Crippen molar-refractivity contribution in [2.75, 3.05) is 0 Å². The summed E-state index contributed by atoms with van der Waals surface area (Å²) in [6.45, 7) is 2.40. The number of carbonyl (C=O) groups is 2. The highest BCUT2D eigenvalue weighted by molar-refractivity contribution is 7.08. The van der Waals surface area contributed by atoms with Gasteiger partial charge in [0, 0.05) is 18.5 Å². The molecule has 2 aromatic carbocycles. The lowest BCUT2D eigenvalue weighted by molar-refractivity contribution is -0.157. The van der Waals surface area contributed by atoms with Crippen LogP contribution in [0.1, 0.15) is 93.3 Å². The first-order chi connectivity index (χ1) is 20.5. The minimum Gasteiger partial charge on any atom is -0.474 e. The highest BCUT2D eigenvalue weighted by Crippen LogP contribution is 2.29. The topological polar surface area (TPSA) is 96.5 Å². The molecular formula is C34H41N3O4S. The van der Waals surface area contributed by atoms with Crippen LogP contribution in [0.5, 0.6) is 0 Å². The molecule has 42 heavy (non-hydrogen) atoms. The number of nitrogens with zero attached hydrogens (tertiary/aromatic N) is 3. The predicted molar refractivity (Wildman–Crippen MR) is 166 cm³/mol. The molecule has 0 aliphatic rings. The number of aliphatic carboxylic acids is 1. The molecule has 2 heterocycles. The number of aryl methyl sites for hydroxylation is 1. The molecule has 0 bridgehead atoms. The Bertz CT molecular complexity index is 1350. The summed E-state index contributed by atoms with van der Waals surface area (Å²) < 4.78 is 5.53. The molecule has 222 valence electrons. The normalized spacial score (nSPS) is 11.8. The SMILES string of the molecule is CCCCCCCCCCCc1noc(-c2ccc(CN(C(=O)C(=O)O)C(Cc3ccccc3)c3ccsc3)cc2)n1. The van der Waals surface area contributed by atoms with Crippen molar-refractivity contribution in [1.29, 1.82) is 0 Å². The largest absolute Gasteiger partial charge is 0.474 e.